The number of rotatable bonds is 4. The first-order valence-electron chi connectivity index (χ1n) is 7.08. The molecular weight excluding hydrogens is 250 g/mol. The fraction of sp³-hybridized carbons (Fsp3) is 0.400. The standard InChI is InChI=1S/C15H19N5/c16-7-6-13-4-3-9-20(13)15-18-10-12(11-19-15)14-5-1-2-8-17-14/h1-2,5,8,10-11,13H,3-4,6-7,9,16H2. The summed E-state index contributed by atoms with van der Waals surface area (Å²) in [5.74, 6) is 0.806. The number of nitrogens with two attached hydrogens (primary N) is 1. The van der Waals surface area contributed by atoms with E-state index in [0.29, 0.717) is 12.6 Å². The van der Waals surface area contributed by atoms with Crippen LogP contribution >= 0.6 is 0 Å². The van der Waals surface area contributed by atoms with Crippen LogP contribution in [0.25, 0.3) is 11.3 Å². The first-order chi connectivity index (χ1) is 9.88. The lowest BCUT2D eigenvalue weighted by Crippen LogP contribution is -2.32. The number of nitrogens with zero attached hydrogens (tertiary/aromatic N) is 4. The molecule has 5 nitrogen and oxygen atoms in total. The summed E-state index contributed by atoms with van der Waals surface area (Å²) < 4.78 is 0. The first-order valence-corrected chi connectivity index (χ1v) is 7.08. The van der Waals surface area contributed by atoms with Gasteiger partial charge < -0.3 is 10.6 Å². The highest BCUT2D eigenvalue weighted by atomic mass is 15.3. The molecule has 0 saturated carbocycles. The molecule has 1 fully saturated rings. The Bertz CT molecular complexity index is 540. The van der Waals surface area contributed by atoms with Crippen LogP contribution in [-0.4, -0.2) is 34.1 Å². The van der Waals surface area contributed by atoms with Gasteiger partial charge in [-0.25, -0.2) is 9.97 Å². The lowest BCUT2D eigenvalue weighted by Gasteiger charge is -2.24. The number of hydrogen-bond donors (Lipinski definition) is 1. The van der Waals surface area contributed by atoms with Gasteiger partial charge in [0, 0.05) is 36.7 Å². The van der Waals surface area contributed by atoms with E-state index in [0.717, 1.165) is 30.2 Å². The Morgan fingerprint density at radius 3 is 2.75 bits per heavy atom. The Morgan fingerprint density at radius 2 is 2.05 bits per heavy atom. The molecule has 0 bridgehead atoms. The van der Waals surface area contributed by atoms with Gasteiger partial charge in [0.15, 0.2) is 0 Å². The fourth-order valence-corrected chi connectivity index (χ4v) is 2.73. The third kappa shape index (κ3) is 2.63. The minimum Gasteiger partial charge on any atom is -0.338 e. The van der Waals surface area contributed by atoms with Crippen molar-refractivity contribution in [3.05, 3.63) is 36.8 Å². The average molecular weight is 269 g/mol. The molecule has 0 radical (unpaired) electrons. The predicted octanol–water partition coefficient (Wildman–Crippen LogP) is 1.86. The minimum atomic E-state index is 0.487. The summed E-state index contributed by atoms with van der Waals surface area (Å²) in [6.07, 6.45) is 8.86. The molecule has 2 aromatic rings. The Kier molecular flexibility index (Phi) is 3.87. The summed E-state index contributed by atoms with van der Waals surface area (Å²) >= 11 is 0. The molecule has 1 aliphatic rings. The molecule has 0 spiro atoms. The predicted molar refractivity (Wildman–Crippen MR) is 79.3 cm³/mol. The molecule has 20 heavy (non-hydrogen) atoms. The van der Waals surface area contributed by atoms with Crippen LogP contribution in [-0.2, 0) is 0 Å². The van der Waals surface area contributed by atoms with Crippen molar-refractivity contribution in [3.63, 3.8) is 0 Å². The van der Waals surface area contributed by atoms with Gasteiger partial charge in [0.25, 0.3) is 0 Å². The second kappa shape index (κ2) is 5.96. The van der Waals surface area contributed by atoms with Gasteiger partial charge in [-0.2, -0.15) is 0 Å². The first kappa shape index (κ1) is 13.0. The summed E-state index contributed by atoms with van der Waals surface area (Å²) in [5, 5.41) is 0. The average Bonchev–Trinajstić information content (AvgIpc) is 2.97. The van der Waals surface area contributed by atoms with Crippen LogP contribution in [0.4, 0.5) is 5.95 Å². The van der Waals surface area contributed by atoms with Gasteiger partial charge in [0.2, 0.25) is 5.95 Å². The lowest BCUT2D eigenvalue weighted by atomic mass is 10.1. The lowest BCUT2D eigenvalue weighted by molar-refractivity contribution is 0.609. The second-order valence-electron chi connectivity index (χ2n) is 5.05. The Balaban J connectivity index is 1.79. The summed E-state index contributed by atoms with van der Waals surface area (Å²) in [5.41, 5.74) is 7.52. The van der Waals surface area contributed by atoms with Crippen LogP contribution in [0.3, 0.4) is 0 Å². The van der Waals surface area contributed by atoms with Gasteiger partial charge in [-0.1, -0.05) is 6.07 Å². The van der Waals surface area contributed by atoms with Crippen LogP contribution in [0, 0.1) is 0 Å². The highest BCUT2D eigenvalue weighted by molar-refractivity contribution is 5.57. The molecule has 1 atom stereocenters. The van der Waals surface area contributed by atoms with E-state index in [4.69, 9.17) is 5.73 Å². The molecule has 2 aromatic heterocycles. The van der Waals surface area contributed by atoms with Gasteiger partial charge in [-0.05, 0) is 37.9 Å². The molecule has 0 aliphatic carbocycles. The van der Waals surface area contributed by atoms with Crippen LogP contribution in [0.5, 0.6) is 0 Å². The van der Waals surface area contributed by atoms with E-state index in [-0.39, 0.29) is 0 Å². The SMILES string of the molecule is NCCC1CCCN1c1ncc(-c2ccccn2)cn1. The van der Waals surface area contributed by atoms with Gasteiger partial charge in [-0.15, -0.1) is 0 Å². The van der Waals surface area contributed by atoms with E-state index < -0.39 is 0 Å². The van der Waals surface area contributed by atoms with Gasteiger partial charge in [0.05, 0.1) is 5.69 Å². The van der Waals surface area contributed by atoms with Crippen molar-refractivity contribution in [2.45, 2.75) is 25.3 Å². The number of pyridine rings is 1. The molecule has 3 rings (SSSR count). The Morgan fingerprint density at radius 1 is 1.20 bits per heavy atom. The third-order valence-corrected chi connectivity index (χ3v) is 3.73. The van der Waals surface area contributed by atoms with Crippen molar-refractivity contribution in [2.75, 3.05) is 18.0 Å². The molecule has 0 aromatic carbocycles. The van der Waals surface area contributed by atoms with E-state index in [9.17, 15) is 0 Å². The monoisotopic (exact) mass is 269 g/mol. The highest BCUT2D eigenvalue weighted by Gasteiger charge is 2.25. The van der Waals surface area contributed by atoms with Crippen molar-refractivity contribution >= 4 is 5.95 Å². The zero-order valence-corrected chi connectivity index (χ0v) is 11.4. The van der Waals surface area contributed by atoms with Crippen molar-refractivity contribution < 1.29 is 0 Å². The second-order valence-corrected chi connectivity index (χ2v) is 5.05. The van der Waals surface area contributed by atoms with E-state index in [2.05, 4.69) is 19.9 Å². The largest absolute Gasteiger partial charge is 0.338 e. The Hall–Kier alpha value is -2.01. The van der Waals surface area contributed by atoms with E-state index in [1.807, 2.05) is 30.6 Å². The summed E-state index contributed by atoms with van der Waals surface area (Å²) in [6, 6.07) is 6.32. The molecule has 104 valence electrons. The molecular formula is C15H19N5. The van der Waals surface area contributed by atoms with Crippen molar-refractivity contribution in [1.29, 1.82) is 0 Å². The quantitative estimate of drug-likeness (QED) is 0.917. The van der Waals surface area contributed by atoms with E-state index in [1.165, 1.54) is 12.8 Å². The molecule has 1 saturated heterocycles. The molecule has 5 heteroatoms. The Labute approximate surface area is 118 Å². The van der Waals surface area contributed by atoms with E-state index >= 15 is 0 Å². The zero-order valence-electron chi connectivity index (χ0n) is 11.4. The van der Waals surface area contributed by atoms with Crippen LogP contribution in [0.1, 0.15) is 19.3 Å². The normalized spacial score (nSPS) is 18.4. The number of anilines is 1. The van der Waals surface area contributed by atoms with Crippen molar-refractivity contribution in [1.82, 2.24) is 15.0 Å². The van der Waals surface area contributed by atoms with Gasteiger partial charge in [-0.3, -0.25) is 4.98 Å². The summed E-state index contributed by atoms with van der Waals surface area (Å²) in [7, 11) is 0. The zero-order chi connectivity index (χ0) is 13.8. The van der Waals surface area contributed by atoms with Crippen molar-refractivity contribution in [2.24, 2.45) is 5.73 Å². The van der Waals surface area contributed by atoms with Gasteiger partial charge in [0.1, 0.15) is 0 Å². The third-order valence-electron chi connectivity index (χ3n) is 3.73. The summed E-state index contributed by atoms with van der Waals surface area (Å²) in [6.45, 7) is 1.74. The minimum absolute atomic E-state index is 0.487. The molecule has 1 aliphatic heterocycles. The molecule has 0 amide bonds. The summed E-state index contributed by atoms with van der Waals surface area (Å²) in [4.78, 5) is 15.6. The van der Waals surface area contributed by atoms with Crippen molar-refractivity contribution in [3.8, 4) is 11.3 Å². The maximum atomic E-state index is 5.67. The molecule has 1 unspecified atom stereocenters. The van der Waals surface area contributed by atoms with Gasteiger partial charge >= 0.3 is 0 Å². The van der Waals surface area contributed by atoms with Crippen LogP contribution in [0.15, 0.2) is 36.8 Å². The maximum absolute atomic E-state index is 5.67. The van der Waals surface area contributed by atoms with Crippen LogP contribution in [0.2, 0.25) is 0 Å². The highest BCUT2D eigenvalue weighted by Crippen LogP contribution is 2.25. The molecule has 2 N–H and O–H groups in total. The topological polar surface area (TPSA) is 67.9 Å². The molecule has 3 heterocycles. The van der Waals surface area contributed by atoms with Crippen LogP contribution < -0.4 is 10.6 Å². The number of aromatic nitrogens is 3. The number of hydrogen-bond acceptors (Lipinski definition) is 5. The fourth-order valence-electron chi connectivity index (χ4n) is 2.73. The maximum Gasteiger partial charge on any atom is 0.225 e. The van der Waals surface area contributed by atoms with E-state index in [1.54, 1.807) is 6.20 Å². The smallest absolute Gasteiger partial charge is 0.225 e.